The minimum absolute atomic E-state index is 0.492. The van der Waals surface area contributed by atoms with Gasteiger partial charge in [-0.25, -0.2) is 0 Å². The lowest BCUT2D eigenvalue weighted by atomic mass is 9.94. The molecule has 2 N–H and O–H groups in total. The van der Waals surface area contributed by atoms with Crippen LogP contribution in [0, 0.1) is 5.92 Å². The summed E-state index contributed by atoms with van der Waals surface area (Å²) in [5.74, 6) is 0.492. The molecule has 0 heterocycles. The lowest BCUT2D eigenvalue weighted by Gasteiger charge is -2.25. The average molecular weight is 335 g/mol. The van der Waals surface area contributed by atoms with E-state index in [0.29, 0.717) is 17.5 Å². The summed E-state index contributed by atoms with van der Waals surface area (Å²) in [5.41, 5.74) is 0.490. The number of benzene rings is 1. The van der Waals surface area contributed by atoms with E-state index in [-0.39, 0.29) is 0 Å². The van der Waals surface area contributed by atoms with Gasteiger partial charge in [0.05, 0.1) is 10.6 Å². The molecule has 0 saturated carbocycles. The van der Waals surface area contributed by atoms with Crippen LogP contribution in [0.3, 0.4) is 0 Å². The van der Waals surface area contributed by atoms with Gasteiger partial charge in [-0.1, -0.05) is 31.5 Å². The lowest BCUT2D eigenvalue weighted by molar-refractivity contribution is 0.0383. The van der Waals surface area contributed by atoms with Crippen LogP contribution in [0.2, 0.25) is 5.02 Å². The monoisotopic (exact) mass is 333 g/mol. The molecule has 0 amide bonds. The highest BCUT2D eigenvalue weighted by Crippen LogP contribution is 2.23. The van der Waals surface area contributed by atoms with Gasteiger partial charge in [0.2, 0.25) is 0 Å². The second-order valence-corrected chi connectivity index (χ2v) is 6.71. The molecule has 4 heteroatoms. The smallest absolute Gasteiger partial charge is 0.0746 e. The summed E-state index contributed by atoms with van der Waals surface area (Å²) in [6, 6.07) is 5.85. The van der Waals surface area contributed by atoms with Gasteiger partial charge >= 0.3 is 0 Å². The molecule has 1 aromatic rings. The van der Waals surface area contributed by atoms with Gasteiger partial charge in [0.1, 0.15) is 0 Å². The van der Waals surface area contributed by atoms with E-state index in [4.69, 9.17) is 11.6 Å². The number of rotatable bonds is 6. The second kappa shape index (κ2) is 6.90. The fraction of sp³-hybridized carbons (Fsp3) is 0.571. The van der Waals surface area contributed by atoms with Crippen LogP contribution >= 0.6 is 27.5 Å². The zero-order valence-electron chi connectivity index (χ0n) is 11.1. The highest BCUT2D eigenvalue weighted by atomic mass is 79.9. The number of aliphatic hydroxyl groups is 1. The minimum atomic E-state index is -0.655. The van der Waals surface area contributed by atoms with E-state index >= 15 is 0 Å². The van der Waals surface area contributed by atoms with Gasteiger partial charge in [-0.3, -0.25) is 0 Å². The Labute approximate surface area is 123 Å². The Kier molecular flexibility index (Phi) is 6.12. The number of hydrogen-bond donors (Lipinski definition) is 2. The maximum Gasteiger partial charge on any atom is 0.0746 e. The van der Waals surface area contributed by atoms with E-state index in [1.807, 2.05) is 25.1 Å². The minimum Gasteiger partial charge on any atom is -0.389 e. The van der Waals surface area contributed by atoms with Crippen molar-refractivity contribution >= 4 is 27.5 Å². The van der Waals surface area contributed by atoms with Gasteiger partial charge in [-0.15, -0.1) is 0 Å². The fourth-order valence-electron chi connectivity index (χ4n) is 2.08. The molecule has 0 aromatic heterocycles. The molecule has 0 bridgehead atoms. The largest absolute Gasteiger partial charge is 0.389 e. The van der Waals surface area contributed by atoms with Crippen molar-refractivity contribution in [3.8, 4) is 0 Å². The molecular weight excluding hydrogens is 314 g/mol. The predicted molar refractivity (Wildman–Crippen MR) is 80.9 cm³/mol. The van der Waals surface area contributed by atoms with Crippen molar-refractivity contribution < 1.29 is 5.11 Å². The maximum absolute atomic E-state index is 10.2. The number of halogens is 2. The van der Waals surface area contributed by atoms with E-state index in [0.717, 1.165) is 23.0 Å². The molecule has 0 radical (unpaired) electrons. The third-order valence-electron chi connectivity index (χ3n) is 2.67. The van der Waals surface area contributed by atoms with Crippen LogP contribution in [-0.2, 0) is 6.54 Å². The van der Waals surface area contributed by atoms with Gasteiger partial charge in [0, 0.05) is 17.6 Å². The van der Waals surface area contributed by atoms with Gasteiger partial charge in [-0.05, 0) is 52.9 Å². The highest BCUT2D eigenvalue weighted by molar-refractivity contribution is 9.10. The SMILES string of the molecule is CC(C)CC(C)(O)CNCc1ccc(Cl)c(Br)c1. The fourth-order valence-corrected chi connectivity index (χ4v) is 2.62. The third kappa shape index (κ3) is 5.70. The summed E-state index contributed by atoms with van der Waals surface area (Å²) < 4.78 is 0.900. The summed E-state index contributed by atoms with van der Waals surface area (Å²) in [5, 5.41) is 14.2. The van der Waals surface area contributed by atoms with E-state index in [1.54, 1.807) is 0 Å². The molecular formula is C14H21BrClNO. The molecule has 1 unspecified atom stereocenters. The Hall–Kier alpha value is -0.0900. The van der Waals surface area contributed by atoms with Crippen molar-refractivity contribution in [3.05, 3.63) is 33.3 Å². The highest BCUT2D eigenvalue weighted by Gasteiger charge is 2.20. The molecule has 18 heavy (non-hydrogen) atoms. The zero-order valence-corrected chi connectivity index (χ0v) is 13.5. The normalized spacial score (nSPS) is 14.8. The Morgan fingerprint density at radius 1 is 1.44 bits per heavy atom. The molecule has 1 atom stereocenters. The molecule has 2 nitrogen and oxygen atoms in total. The summed E-state index contributed by atoms with van der Waals surface area (Å²) in [4.78, 5) is 0. The molecule has 0 aliphatic carbocycles. The van der Waals surface area contributed by atoms with E-state index in [1.165, 1.54) is 0 Å². The molecule has 0 saturated heterocycles. The Morgan fingerprint density at radius 2 is 2.11 bits per heavy atom. The van der Waals surface area contributed by atoms with Crippen LogP contribution in [0.4, 0.5) is 0 Å². The van der Waals surface area contributed by atoms with Crippen molar-refractivity contribution in [3.63, 3.8) is 0 Å². The van der Waals surface area contributed by atoms with E-state index < -0.39 is 5.60 Å². The standard InChI is InChI=1S/C14H21BrClNO/c1-10(2)7-14(3,18)9-17-8-11-4-5-13(16)12(15)6-11/h4-6,10,17-18H,7-9H2,1-3H3. The first-order valence-electron chi connectivity index (χ1n) is 6.17. The zero-order chi connectivity index (χ0) is 13.8. The van der Waals surface area contributed by atoms with Gasteiger partial charge < -0.3 is 10.4 Å². The topological polar surface area (TPSA) is 32.3 Å². The summed E-state index contributed by atoms with van der Waals surface area (Å²) in [6.45, 7) is 7.42. The van der Waals surface area contributed by atoms with Crippen molar-refractivity contribution in [1.29, 1.82) is 0 Å². The van der Waals surface area contributed by atoms with Crippen molar-refractivity contribution in [1.82, 2.24) is 5.32 Å². The molecule has 0 spiro atoms. The maximum atomic E-state index is 10.2. The van der Waals surface area contributed by atoms with Crippen LogP contribution in [0.1, 0.15) is 32.8 Å². The third-order valence-corrected chi connectivity index (χ3v) is 3.88. The molecule has 1 rings (SSSR count). The lowest BCUT2D eigenvalue weighted by Crippen LogP contribution is -2.38. The quantitative estimate of drug-likeness (QED) is 0.824. The second-order valence-electron chi connectivity index (χ2n) is 5.45. The molecule has 0 aliphatic heterocycles. The van der Waals surface area contributed by atoms with Crippen LogP contribution in [0.25, 0.3) is 0 Å². The average Bonchev–Trinajstić information content (AvgIpc) is 2.21. The predicted octanol–water partition coefficient (Wildman–Crippen LogP) is 3.99. The summed E-state index contributed by atoms with van der Waals surface area (Å²) in [7, 11) is 0. The summed E-state index contributed by atoms with van der Waals surface area (Å²) >= 11 is 9.34. The molecule has 0 aliphatic rings. The summed E-state index contributed by atoms with van der Waals surface area (Å²) in [6.07, 6.45) is 0.796. The van der Waals surface area contributed by atoms with Gasteiger partial charge in [0.25, 0.3) is 0 Å². The molecule has 1 aromatic carbocycles. The van der Waals surface area contributed by atoms with Crippen LogP contribution in [-0.4, -0.2) is 17.3 Å². The van der Waals surface area contributed by atoms with Crippen LogP contribution in [0.5, 0.6) is 0 Å². The van der Waals surface area contributed by atoms with Crippen LogP contribution < -0.4 is 5.32 Å². The van der Waals surface area contributed by atoms with Gasteiger partial charge in [-0.2, -0.15) is 0 Å². The molecule has 102 valence electrons. The van der Waals surface area contributed by atoms with Crippen molar-refractivity contribution in [2.24, 2.45) is 5.92 Å². The van der Waals surface area contributed by atoms with Gasteiger partial charge in [0.15, 0.2) is 0 Å². The molecule has 0 fully saturated rings. The van der Waals surface area contributed by atoms with E-state index in [2.05, 4.69) is 35.1 Å². The number of hydrogen-bond acceptors (Lipinski definition) is 2. The van der Waals surface area contributed by atoms with Crippen LogP contribution in [0.15, 0.2) is 22.7 Å². The van der Waals surface area contributed by atoms with Crippen molar-refractivity contribution in [2.45, 2.75) is 39.3 Å². The Balaban J connectivity index is 2.43. The Morgan fingerprint density at radius 3 is 2.67 bits per heavy atom. The first-order chi connectivity index (χ1) is 8.30. The van der Waals surface area contributed by atoms with E-state index in [9.17, 15) is 5.11 Å². The van der Waals surface area contributed by atoms with Crippen molar-refractivity contribution in [2.75, 3.05) is 6.54 Å². The first kappa shape index (κ1) is 16.0. The first-order valence-corrected chi connectivity index (χ1v) is 7.34. The number of nitrogens with one attached hydrogen (secondary N) is 1. The Bertz CT molecular complexity index is 393.